The Bertz CT molecular complexity index is 545. The van der Waals surface area contributed by atoms with Crippen LogP contribution in [0.5, 0.6) is 0 Å². The van der Waals surface area contributed by atoms with E-state index < -0.39 is 0 Å². The van der Waals surface area contributed by atoms with Gasteiger partial charge >= 0.3 is 0 Å². The molecule has 4 nitrogen and oxygen atoms in total. The molecule has 1 aromatic heterocycles. The Balaban J connectivity index is 2.30. The summed E-state index contributed by atoms with van der Waals surface area (Å²) in [6.45, 7) is 0. The van der Waals surface area contributed by atoms with Gasteiger partial charge < -0.3 is 11.1 Å². The number of nitrogens with one attached hydrogen (secondary N) is 1. The third kappa shape index (κ3) is 3.08. The third-order valence-electron chi connectivity index (χ3n) is 2.28. The van der Waals surface area contributed by atoms with Gasteiger partial charge in [-0.3, -0.25) is 0 Å². The van der Waals surface area contributed by atoms with Crippen LogP contribution in [0.4, 0.5) is 17.3 Å². The molecule has 94 valence electrons. The van der Waals surface area contributed by atoms with Crippen LogP contribution >= 0.6 is 23.5 Å². The lowest BCUT2D eigenvalue weighted by atomic mass is 10.3. The molecule has 0 saturated carbocycles. The van der Waals surface area contributed by atoms with E-state index in [9.17, 15) is 0 Å². The molecule has 0 aliphatic heterocycles. The van der Waals surface area contributed by atoms with E-state index in [2.05, 4.69) is 21.4 Å². The first kappa shape index (κ1) is 13.0. The molecule has 0 unspecified atom stereocenters. The molecule has 1 heterocycles. The van der Waals surface area contributed by atoms with Crippen LogP contribution in [0.2, 0.25) is 0 Å². The van der Waals surface area contributed by atoms with Crippen LogP contribution in [-0.4, -0.2) is 22.5 Å². The van der Waals surface area contributed by atoms with Gasteiger partial charge in [0.25, 0.3) is 0 Å². The highest BCUT2D eigenvalue weighted by Gasteiger charge is 2.05. The fourth-order valence-electron chi connectivity index (χ4n) is 1.48. The Hall–Kier alpha value is -1.40. The molecule has 0 spiro atoms. The first-order valence-corrected chi connectivity index (χ1v) is 7.76. The molecule has 3 N–H and O–H groups in total. The Morgan fingerprint density at radius 3 is 2.61 bits per heavy atom. The van der Waals surface area contributed by atoms with E-state index >= 15 is 0 Å². The summed E-state index contributed by atoms with van der Waals surface area (Å²) in [4.78, 5) is 9.66. The number of rotatable bonds is 4. The molecule has 6 heteroatoms. The number of aromatic nitrogens is 2. The largest absolute Gasteiger partial charge is 0.383 e. The molecule has 0 bridgehead atoms. The van der Waals surface area contributed by atoms with Crippen LogP contribution in [0.15, 0.2) is 40.4 Å². The van der Waals surface area contributed by atoms with Crippen LogP contribution < -0.4 is 11.1 Å². The Kier molecular flexibility index (Phi) is 4.33. The van der Waals surface area contributed by atoms with E-state index in [0.29, 0.717) is 16.8 Å². The van der Waals surface area contributed by atoms with Gasteiger partial charge in [-0.25, -0.2) is 9.97 Å². The maximum atomic E-state index is 5.75. The molecule has 0 aliphatic rings. The second-order valence-electron chi connectivity index (χ2n) is 3.49. The highest BCUT2D eigenvalue weighted by atomic mass is 32.2. The van der Waals surface area contributed by atoms with Crippen molar-refractivity contribution < 1.29 is 0 Å². The van der Waals surface area contributed by atoms with E-state index in [0.717, 1.165) is 5.69 Å². The summed E-state index contributed by atoms with van der Waals surface area (Å²) < 4.78 is 0. The number of nitrogen functional groups attached to an aromatic ring is 1. The fraction of sp³-hybridized carbons (Fsp3) is 0.167. The van der Waals surface area contributed by atoms with Crippen molar-refractivity contribution in [3.05, 3.63) is 30.3 Å². The number of hydrogen-bond donors (Lipinski definition) is 2. The van der Waals surface area contributed by atoms with Crippen molar-refractivity contribution in [3.8, 4) is 0 Å². The van der Waals surface area contributed by atoms with Gasteiger partial charge in [0.1, 0.15) is 11.6 Å². The smallest absolute Gasteiger partial charge is 0.191 e. The van der Waals surface area contributed by atoms with E-state index in [-0.39, 0.29) is 0 Å². The standard InChI is InChI=1S/C12H14N4S2/c1-17-9-6-4-3-5-8(9)14-11-7-10(13)15-12(16-11)18-2/h3-7H,1-2H3,(H3,13,14,15,16). The van der Waals surface area contributed by atoms with Crippen molar-refractivity contribution in [2.45, 2.75) is 10.1 Å². The number of benzene rings is 1. The first-order chi connectivity index (χ1) is 8.72. The van der Waals surface area contributed by atoms with Gasteiger partial charge in [0.2, 0.25) is 0 Å². The fourth-order valence-corrected chi connectivity index (χ4v) is 2.42. The van der Waals surface area contributed by atoms with E-state index in [4.69, 9.17) is 5.73 Å². The topological polar surface area (TPSA) is 63.8 Å². The minimum absolute atomic E-state index is 0.471. The Morgan fingerprint density at radius 1 is 1.11 bits per heavy atom. The Morgan fingerprint density at radius 2 is 1.89 bits per heavy atom. The number of nitrogens with two attached hydrogens (primary N) is 1. The molecule has 2 rings (SSSR count). The van der Waals surface area contributed by atoms with Crippen LogP contribution in [0, 0.1) is 0 Å². The molecule has 0 atom stereocenters. The van der Waals surface area contributed by atoms with Crippen LogP contribution in [0.3, 0.4) is 0 Å². The number of hydrogen-bond acceptors (Lipinski definition) is 6. The van der Waals surface area contributed by atoms with Crippen molar-refractivity contribution in [2.24, 2.45) is 0 Å². The summed E-state index contributed by atoms with van der Waals surface area (Å²) in [5, 5.41) is 3.94. The monoisotopic (exact) mass is 278 g/mol. The average Bonchev–Trinajstić information content (AvgIpc) is 2.38. The zero-order chi connectivity index (χ0) is 13.0. The van der Waals surface area contributed by atoms with Crippen molar-refractivity contribution in [2.75, 3.05) is 23.6 Å². The lowest BCUT2D eigenvalue weighted by Crippen LogP contribution is -2.00. The van der Waals surface area contributed by atoms with E-state index in [1.54, 1.807) is 17.8 Å². The number of anilines is 3. The molecule has 0 amide bonds. The summed E-state index contributed by atoms with van der Waals surface area (Å²) in [5.41, 5.74) is 6.77. The van der Waals surface area contributed by atoms with Gasteiger partial charge in [0.05, 0.1) is 5.69 Å². The lowest BCUT2D eigenvalue weighted by molar-refractivity contribution is 0.983. The normalized spacial score (nSPS) is 10.3. The van der Waals surface area contributed by atoms with Crippen LogP contribution in [-0.2, 0) is 0 Å². The van der Waals surface area contributed by atoms with Crippen molar-refractivity contribution in [1.82, 2.24) is 9.97 Å². The SMILES string of the molecule is CSc1nc(N)cc(Nc2ccccc2SC)n1. The number of thioether (sulfide) groups is 2. The summed E-state index contributed by atoms with van der Waals surface area (Å²) >= 11 is 3.16. The molecule has 0 saturated heterocycles. The summed E-state index contributed by atoms with van der Waals surface area (Å²) in [5.74, 6) is 1.19. The lowest BCUT2D eigenvalue weighted by Gasteiger charge is -2.10. The van der Waals surface area contributed by atoms with E-state index in [1.807, 2.05) is 30.7 Å². The molecule has 18 heavy (non-hydrogen) atoms. The van der Waals surface area contributed by atoms with Gasteiger partial charge in [-0.1, -0.05) is 23.9 Å². The molecule has 0 fully saturated rings. The summed E-state index contributed by atoms with van der Waals surface area (Å²) in [6, 6.07) is 9.81. The third-order valence-corrected chi connectivity index (χ3v) is 3.62. The molecule has 2 aromatic rings. The van der Waals surface area contributed by atoms with Crippen LogP contribution in [0.25, 0.3) is 0 Å². The maximum absolute atomic E-state index is 5.75. The van der Waals surface area contributed by atoms with Crippen molar-refractivity contribution in [1.29, 1.82) is 0 Å². The first-order valence-electron chi connectivity index (χ1n) is 5.31. The average molecular weight is 278 g/mol. The second kappa shape index (κ2) is 5.97. The highest BCUT2D eigenvalue weighted by Crippen LogP contribution is 2.28. The van der Waals surface area contributed by atoms with Gasteiger partial charge in [0, 0.05) is 11.0 Å². The molecule has 0 radical (unpaired) electrons. The quantitative estimate of drug-likeness (QED) is 0.661. The molecule has 1 aromatic carbocycles. The minimum atomic E-state index is 0.471. The predicted molar refractivity (Wildman–Crippen MR) is 79.7 cm³/mol. The molecule has 0 aliphatic carbocycles. The summed E-state index contributed by atoms with van der Waals surface area (Å²) in [7, 11) is 0. The minimum Gasteiger partial charge on any atom is -0.383 e. The zero-order valence-electron chi connectivity index (χ0n) is 10.2. The number of nitrogens with zero attached hydrogens (tertiary/aromatic N) is 2. The Labute approximate surface area is 115 Å². The van der Waals surface area contributed by atoms with Gasteiger partial charge in [-0.15, -0.1) is 11.8 Å². The van der Waals surface area contributed by atoms with Crippen molar-refractivity contribution >= 4 is 40.8 Å². The van der Waals surface area contributed by atoms with Gasteiger partial charge in [0.15, 0.2) is 5.16 Å². The van der Waals surface area contributed by atoms with Crippen molar-refractivity contribution in [3.63, 3.8) is 0 Å². The summed E-state index contributed by atoms with van der Waals surface area (Å²) in [6.07, 6.45) is 3.97. The van der Waals surface area contributed by atoms with E-state index in [1.165, 1.54) is 16.7 Å². The second-order valence-corrected chi connectivity index (χ2v) is 5.11. The van der Waals surface area contributed by atoms with Gasteiger partial charge in [-0.05, 0) is 24.6 Å². The molecular formula is C12H14N4S2. The predicted octanol–water partition coefficient (Wildman–Crippen LogP) is 3.25. The number of para-hydroxylation sites is 1. The van der Waals surface area contributed by atoms with Crippen LogP contribution in [0.1, 0.15) is 0 Å². The highest BCUT2D eigenvalue weighted by molar-refractivity contribution is 7.98. The maximum Gasteiger partial charge on any atom is 0.191 e. The van der Waals surface area contributed by atoms with Gasteiger partial charge in [-0.2, -0.15) is 0 Å². The zero-order valence-corrected chi connectivity index (χ0v) is 11.8. The molecular weight excluding hydrogens is 264 g/mol.